The smallest absolute Gasteiger partial charge is 0.383 e. The number of rotatable bonds is 6. The molecule has 0 amide bonds. The Morgan fingerprint density at radius 2 is 1.92 bits per heavy atom. The molecular formula is C17H32F3N5O. The number of guanidine groups is 1. The second-order valence-electron chi connectivity index (χ2n) is 6.99. The van der Waals surface area contributed by atoms with Gasteiger partial charge in [-0.15, -0.1) is 0 Å². The number of alkyl halides is 3. The van der Waals surface area contributed by atoms with Crippen LogP contribution in [-0.2, 0) is 4.74 Å². The summed E-state index contributed by atoms with van der Waals surface area (Å²) in [6, 6.07) is -0.944. The third kappa shape index (κ3) is 5.72. The number of nitrogens with zero attached hydrogens (tertiary/aromatic N) is 4. The molecule has 0 radical (unpaired) electrons. The molecular weight excluding hydrogens is 347 g/mol. The minimum Gasteiger partial charge on any atom is -0.383 e. The fourth-order valence-corrected chi connectivity index (χ4v) is 3.70. The van der Waals surface area contributed by atoms with Crippen LogP contribution < -0.4 is 5.32 Å². The van der Waals surface area contributed by atoms with Gasteiger partial charge in [0.15, 0.2) is 5.96 Å². The van der Waals surface area contributed by atoms with Crippen molar-refractivity contribution in [2.45, 2.75) is 38.0 Å². The molecule has 2 atom stereocenters. The minimum atomic E-state index is -4.17. The fourth-order valence-electron chi connectivity index (χ4n) is 3.70. The van der Waals surface area contributed by atoms with Crippen molar-refractivity contribution in [3.8, 4) is 0 Å². The lowest BCUT2D eigenvalue weighted by Gasteiger charge is -2.40. The van der Waals surface area contributed by atoms with E-state index >= 15 is 0 Å². The van der Waals surface area contributed by atoms with Gasteiger partial charge in [-0.05, 0) is 26.3 Å². The maximum absolute atomic E-state index is 12.9. The molecule has 1 N–H and O–H groups in total. The number of likely N-dealkylation sites (tertiary alicyclic amines) is 1. The van der Waals surface area contributed by atoms with E-state index in [9.17, 15) is 13.2 Å². The van der Waals surface area contributed by atoms with Gasteiger partial charge in [0, 0.05) is 59.5 Å². The monoisotopic (exact) mass is 379 g/mol. The van der Waals surface area contributed by atoms with Crippen molar-refractivity contribution < 1.29 is 17.9 Å². The maximum Gasteiger partial charge on any atom is 0.403 e. The predicted octanol–water partition coefficient (Wildman–Crippen LogP) is 1.24. The summed E-state index contributed by atoms with van der Waals surface area (Å²) >= 11 is 0. The zero-order valence-electron chi connectivity index (χ0n) is 16.1. The third-order valence-corrected chi connectivity index (χ3v) is 5.42. The molecule has 2 unspecified atom stereocenters. The molecule has 2 aliphatic heterocycles. The number of halogens is 3. The average Bonchev–Trinajstić information content (AvgIpc) is 3.07. The standard InChI is InChI=1S/C17H32F3N5O/c1-14(17(18,19)20)23-7-9-25(10-8-23)16(21-2)22-13-15-5-4-6-24(15)11-12-26-3/h14-15H,4-13H2,1-3H3,(H,21,22). The molecule has 2 saturated heterocycles. The van der Waals surface area contributed by atoms with E-state index < -0.39 is 12.2 Å². The van der Waals surface area contributed by atoms with E-state index in [-0.39, 0.29) is 0 Å². The summed E-state index contributed by atoms with van der Waals surface area (Å²) in [5.74, 6) is 0.780. The lowest BCUT2D eigenvalue weighted by atomic mass is 10.2. The molecule has 6 nitrogen and oxygen atoms in total. The molecule has 0 saturated carbocycles. The second kappa shape index (κ2) is 9.75. The zero-order chi connectivity index (χ0) is 19.2. The summed E-state index contributed by atoms with van der Waals surface area (Å²) in [4.78, 5) is 10.3. The van der Waals surface area contributed by atoms with Crippen molar-refractivity contribution in [2.24, 2.45) is 4.99 Å². The summed E-state index contributed by atoms with van der Waals surface area (Å²) in [6.45, 7) is 6.67. The highest BCUT2D eigenvalue weighted by Crippen LogP contribution is 2.25. The summed E-state index contributed by atoms with van der Waals surface area (Å²) in [7, 11) is 3.44. The highest BCUT2D eigenvalue weighted by molar-refractivity contribution is 5.80. The topological polar surface area (TPSA) is 43.3 Å². The van der Waals surface area contributed by atoms with Gasteiger partial charge in [-0.25, -0.2) is 0 Å². The van der Waals surface area contributed by atoms with Crippen molar-refractivity contribution >= 4 is 5.96 Å². The van der Waals surface area contributed by atoms with E-state index in [0.717, 1.165) is 38.6 Å². The van der Waals surface area contributed by atoms with Gasteiger partial charge in [-0.3, -0.25) is 14.8 Å². The SMILES string of the molecule is CN=C(NCC1CCCN1CCOC)N1CCN(C(C)C(F)(F)F)CC1. The van der Waals surface area contributed by atoms with Gasteiger partial charge in [0.2, 0.25) is 0 Å². The van der Waals surface area contributed by atoms with Gasteiger partial charge in [-0.1, -0.05) is 0 Å². The molecule has 2 heterocycles. The zero-order valence-corrected chi connectivity index (χ0v) is 16.1. The molecule has 0 aromatic carbocycles. The first-order chi connectivity index (χ1) is 12.4. The number of aliphatic imine (C=N–C) groups is 1. The highest BCUT2D eigenvalue weighted by Gasteiger charge is 2.41. The lowest BCUT2D eigenvalue weighted by molar-refractivity contribution is -0.181. The number of nitrogens with one attached hydrogen (secondary N) is 1. The van der Waals surface area contributed by atoms with E-state index in [4.69, 9.17) is 4.74 Å². The summed E-state index contributed by atoms with van der Waals surface area (Å²) in [6.07, 6.45) is -1.84. The van der Waals surface area contributed by atoms with E-state index in [1.807, 2.05) is 4.90 Å². The van der Waals surface area contributed by atoms with E-state index in [1.165, 1.54) is 18.2 Å². The fraction of sp³-hybridized carbons (Fsp3) is 0.941. The van der Waals surface area contributed by atoms with Crippen molar-refractivity contribution in [3.05, 3.63) is 0 Å². The first kappa shape index (κ1) is 21.2. The molecule has 2 rings (SSSR count). The Balaban J connectivity index is 1.79. The molecule has 0 bridgehead atoms. The Bertz CT molecular complexity index is 452. The minimum absolute atomic E-state index is 0.394. The number of piperazine rings is 1. The molecule has 9 heteroatoms. The largest absolute Gasteiger partial charge is 0.403 e. The van der Waals surface area contributed by atoms with E-state index in [0.29, 0.717) is 32.2 Å². The van der Waals surface area contributed by atoms with Crippen LogP contribution in [0.5, 0.6) is 0 Å². The Morgan fingerprint density at radius 1 is 1.23 bits per heavy atom. The molecule has 152 valence electrons. The van der Waals surface area contributed by atoms with Crippen molar-refractivity contribution in [1.82, 2.24) is 20.0 Å². The van der Waals surface area contributed by atoms with Crippen LogP contribution in [0.25, 0.3) is 0 Å². The van der Waals surface area contributed by atoms with Crippen LogP contribution in [0.15, 0.2) is 4.99 Å². The van der Waals surface area contributed by atoms with Crippen LogP contribution in [0.1, 0.15) is 19.8 Å². The molecule has 0 aromatic heterocycles. The third-order valence-electron chi connectivity index (χ3n) is 5.42. The van der Waals surface area contributed by atoms with Gasteiger partial charge in [0.1, 0.15) is 6.04 Å². The quantitative estimate of drug-likeness (QED) is 0.556. The first-order valence-corrected chi connectivity index (χ1v) is 9.36. The number of hydrogen-bond donors (Lipinski definition) is 1. The number of ether oxygens (including phenoxy) is 1. The van der Waals surface area contributed by atoms with Gasteiger partial charge in [-0.2, -0.15) is 13.2 Å². The number of hydrogen-bond acceptors (Lipinski definition) is 4. The Morgan fingerprint density at radius 3 is 2.50 bits per heavy atom. The summed E-state index contributed by atoms with van der Waals surface area (Å²) in [5, 5.41) is 3.41. The second-order valence-corrected chi connectivity index (χ2v) is 6.99. The van der Waals surface area contributed by atoms with Crippen molar-refractivity contribution in [3.63, 3.8) is 0 Å². The highest BCUT2D eigenvalue weighted by atomic mass is 19.4. The van der Waals surface area contributed by atoms with Crippen LogP contribution in [-0.4, -0.2) is 105 Å². The molecule has 26 heavy (non-hydrogen) atoms. The maximum atomic E-state index is 12.9. The predicted molar refractivity (Wildman–Crippen MR) is 96.5 cm³/mol. The Labute approximate surface area is 154 Å². The first-order valence-electron chi connectivity index (χ1n) is 9.36. The summed E-state index contributed by atoms with van der Waals surface area (Å²) < 4.78 is 43.8. The van der Waals surface area contributed by atoms with Gasteiger partial charge >= 0.3 is 6.18 Å². The van der Waals surface area contributed by atoms with Crippen molar-refractivity contribution in [1.29, 1.82) is 0 Å². The van der Waals surface area contributed by atoms with Crippen LogP contribution in [0.2, 0.25) is 0 Å². The number of methoxy groups -OCH3 is 1. The van der Waals surface area contributed by atoms with Crippen LogP contribution in [0.4, 0.5) is 13.2 Å². The van der Waals surface area contributed by atoms with E-state index in [2.05, 4.69) is 15.2 Å². The summed E-state index contributed by atoms with van der Waals surface area (Å²) in [5.41, 5.74) is 0. The van der Waals surface area contributed by atoms with Crippen LogP contribution in [0, 0.1) is 0 Å². The van der Waals surface area contributed by atoms with Gasteiger partial charge < -0.3 is 15.0 Å². The Kier molecular flexibility index (Phi) is 7.97. The van der Waals surface area contributed by atoms with Crippen LogP contribution >= 0.6 is 0 Å². The van der Waals surface area contributed by atoms with Crippen LogP contribution in [0.3, 0.4) is 0 Å². The van der Waals surface area contributed by atoms with E-state index in [1.54, 1.807) is 14.2 Å². The van der Waals surface area contributed by atoms with Crippen molar-refractivity contribution in [2.75, 3.05) is 66.6 Å². The molecule has 2 aliphatic rings. The molecule has 2 fully saturated rings. The molecule has 0 aromatic rings. The average molecular weight is 379 g/mol. The molecule has 0 aliphatic carbocycles. The normalized spacial score (nSPS) is 24.9. The lowest BCUT2D eigenvalue weighted by Crippen LogP contribution is -2.57. The molecule has 0 spiro atoms. The Hall–Kier alpha value is -1.06. The van der Waals surface area contributed by atoms with Gasteiger partial charge in [0.25, 0.3) is 0 Å². The van der Waals surface area contributed by atoms with Gasteiger partial charge in [0.05, 0.1) is 6.61 Å².